The number of aryl methyl sites for hydroxylation is 1. The molecule has 0 fully saturated rings. The zero-order chi connectivity index (χ0) is 33.5. The highest BCUT2D eigenvalue weighted by Crippen LogP contribution is 2.55. The van der Waals surface area contributed by atoms with Gasteiger partial charge < -0.3 is 19.7 Å². The number of rotatable bonds is 8. The van der Waals surface area contributed by atoms with Crippen LogP contribution in [0.2, 0.25) is 0 Å². The van der Waals surface area contributed by atoms with Gasteiger partial charge in [0.1, 0.15) is 0 Å². The molecule has 244 valence electrons. The van der Waals surface area contributed by atoms with Crippen LogP contribution < -0.4 is 14.8 Å². The second-order valence-corrected chi connectivity index (χ2v) is 14.7. The van der Waals surface area contributed by atoms with Gasteiger partial charge in [-0.15, -0.1) is 0 Å². The van der Waals surface area contributed by atoms with Crippen LogP contribution in [0.5, 0.6) is 11.5 Å². The molecule has 0 radical (unpaired) electrons. The first-order valence-corrected chi connectivity index (χ1v) is 16.4. The Morgan fingerprint density at radius 3 is 2.00 bits per heavy atom. The molecule has 1 heterocycles. The van der Waals surface area contributed by atoms with Crippen LogP contribution in [0.1, 0.15) is 76.0 Å². The van der Waals surface area contributed by atoms with Crippen LogP contribution in [0.3, 0.4) is 0 Å². The van der Waals surface area contributed by atoms with E-state index in [-0.39, 0.29) is 34.9 Å². The van der Waals surface area contributed by atoms with Gasteiger partial charge in [0.2, 0.25) is 0 Å². The fraction of sp³-hybridized carbons (Fsp3) is 0.375. The number of benzene rings is 3. The Hall–Kier alpha value is -4.65. The molecule has 1 aliphatic heterocycles. The van der Waals surface area contributed by atoms with Gasteiger partial charge in [-0.1, -0.05) is 82.3 Å². The minimum atomic E-state index is -0.508. The van der Waals surface area contributed by atoms with Gasteiger partial charge in [-0.25, -0.2) is 0 Å². The molecule has 0 aromatic heterocycles. The average Bonchev–Trinajstić information content (AvgIpc) is 3.01. The van der Waals surface area contributed by atoms with Crippen molar-refractivity contribution >= 4 is 23.2 Å². The van der Waals surface area contributed by atoms with Crippen LogP contribution in [-0.4, -0.2) is 36.1 Å². The van der Waals surface area contributed by atoms with Gasteiger partial charge in [0.25, 0.3) is 5.91 Å². The summed E-state index contributed by atoms with van der Waals surface area (Å²) in [4.78, 5) is 43.4. The van der Waals surface area contributed by atoms with Crippen LogP contribution in [0.4, 0.5) is 5.69 Å². The van der Waals surface area contributed by atoms with Crippen LogP contribution in [0.25, 0.3) is 0 Å². The lowest BCUT2D eigenvalue weighted by atomic mass is 9.63. The number of hydrogen-bond acceptors (Lipinski definition) is 6. The van der Waals surface area contributed by atoms with E-state index in [0.29, 0.717) is 42.0 Å². The van der Waals surface area contributed by atoms with E-state index in [4.69, 9.17) is 9.47 Å². The van der Waals surface area contributed by atoms with Crippen molar-refractivity contribution < 1.29 is 23.9 Å². The highest BCUT2D eigenvalue weighted by molar-refractivity contribution is 6.07. The standard InChI is InChI=1S/C40H44N2O5/c1-25-12-10-11-15-28(25)41-35(45)24-47-33-17-16-27(18-34(33)46-6)36-37-29(19-39(2,3)21-31(37)43)42(23-26-13-8-7-9-14-26)30-20-40(4,5)22-32(44)38(30)36/h7-18,36H,19-24H2,1-6H3,(H,41,45). The van der Waals surface area contributed by atoms with Crippen molar-refractivity contribution in [3.8, 4) is 11.5 Å². The highest BCUT2D eigenvalue weighted by Gasteiger charge is 2.49. The number of anilines is 1. The molecule has 47 heavy (non-hydrogen) atoms. The number of amides is 1. The summed E-state index contributed by atoms with van der Waals surface area (Å²) in [6, 6.07) is 23.4. The van der Waals surface area contributed by atoms with Gasteiger partial charge in [0.15, 0.2) is 29.7 Å². The molecule has 6 rings (SSSR count). The molecule has 0 saturated heterocycles. The first-order valence-electron chi connectivity index (χ1n) is 16.4. The molecular weight excluding hydrogens is 588 g/mol. The molecule has 0 unspecified atom stereocenters. The molecule has 0 bridgehead atoms. The largest absolute Gasteiger partial charge is 0.493 e. The van der Waals surface area contributed by atoms with Gasteiger partial charge in [-0.3, -0.25) is 14.4 Å². The molecule has 3 aromatic carbocycles. The van der Waals surface area contributed by atoms with Crippen molar-refractivity contribution in [3.63, 3.8) is 0 Å². The second-order valence-electron chi connectivity index (χ2n) is 14.7. The topological polar surface area (TPSA) is 84.9 Å². The summed E-state index contributed by atoms with van der Waals surface area (Å²) in [5.41, 5.74) is 6.64. The van der Waals surface area contributed by atoms with E-state index in [1.807, 2.05) is 61.5 Å². The molecule has 0 atom stereocenters. The summed E-state index contributed by atoms with van der Waals surface area (Å²) >= 11 is 0. The highest BCUT2D eigenvalue weighted by atomic mass is 16.5. The minimum Gasteiger partial charge on any atom is -0.493 e. The number of nitrogens with one attached hydrogen (secondary N) is 1. The van der Waals surface area contributed by atoms with Crippen LogP contribution in [0, 0.1) is 17.8 Å². The molecule has 7 nitrogen and oxygen atoms in total. The Morgan fingerprint density at radius 1 is 0.809 bits per heavy atom. The minimum absolute atomic E-state index is 0.0793. The van der Waals surface area contributed by atoms with Crippen molar-refractivity contribution in [1.29, 1.82) is 0 Å². The maximum absolute atomic E-state index is 14.2. The molecule has 1 amide bonds. The Bertz CT molecular complexity index is 1750. The van der Waals surface area contributed by atoms with Crippen LogP contribution in [0.15, 0.2) is 95.3 Å². The Balaban J connectivity index is 1.40. The molecule has 3 aliphatic rings. The maximum atomic E-state index is 14.2. The predicted octanol–water partition coefficient (Wildman–Crippen LogP) is 7.91. The first kappa shape index (κ1) is 32.3. The third-order valence-electron chi connectivity index (χ3n) is 9.50. The third-order valence-corrected chi connectivity index (χ3v) is 9.50. The lowest BCUT2D eigenvalue weighted by Gasteiger charge is -2.49. The predicted molar refractivity (Wildman–Crippen MR) is 183 cm³/mol. The number of ketones is 2. The number of methoxy groups -OCH3 is 1. The summed E-state index contributed by atoms with van der Waals surface area (Å²) in [5, 5.41) is 2.89. The monoisotopic (exact) mass is 632 g/mol. The average molecular weight is 633 g/mol. The zero-order valence-electron chi connectivity index (χ0n) is 28.2. The van der Waals surface area contributed by atoms with Gasteiger partial charge in [0, 0.05) is 53.5 Å². The van der Waals surface area contributed by atoms with Crippen molar-refractivity contribution in [2.45, 2.75) is 72.8 Å². The smallest absolute Gasteiger partial charge is 0.262 e. The number of allylic oxidation sites excluding steroid dienone is 4. The lowest BCUT2D eigenvalue weighted by Crippen LogP contribution is -2.44. The molecule has 2 aliphatic carbocycles. The lowest BCUT2D eigenvalue weighted by molar-refractivity contribution is -0.120. The van der Waals surface area contributed by atoms with Gasteiger partial charge in [0.05, 0.1) is 7.11 Å². The second kappa shape index (κ2) is 12.5. The summed E-state index contributed by atoms with van der Waals surface area (Å²) in [5.74, 6) is 0.215. The van der Waals surface area contributed by atoms with E-state index in [1.54, 1.807) is 13.2 Å². The quantitative estimate of drug-likeness (QED) is 0.272. The Morgan fingerprint density at radius 2 is 1.40 bits per heavy atom. The summed E-state index contributed by atoms with van der Waals surface area (Å²) in [7, 11) is 1.56. The van der Waals surface area contributed by atoms with Crippen molar-refractivity contribution in [3.05, 3.63) is 112 Å². The molecule has 0 saturated carbocycles. The maximum Gasteiger partial charge on any atom is 0.262 e. The molecule has 1 N–H and O–H groups in total. The van der Waals surface area contributed by atoms with E-state index in [1.165, 1.54) is 0 Å². The molecular formula is C40H44N2O5. The number of carbonyl (C=O) groups is 3. The van der Waals surface area contributed by atoms with E-state index in [0.717, 1.165) is 46.6 Å². The van der Waals surface area contributed by atoms with Crippen molar-refractivity contribution in [2.24, 2.45) is 10.8 Å². The zero-order valence-corrected chi connectivity index (χ0v) is 28.2. The van der Waals surface area contributed by atoms with E-state index in [2.05, 4.69) is 50.0 Å². The number of hydrogen-bond donors (Lipinski definition) is 1. The normalized spacial score (nSPS) is 18.9. The number of Topliss-reactive ketones (excluding diaryl/α,β-unsaturated/α-hetero) is 2. The summed E-state index contributed by atoms with van der Waals surface area (Å²) in [6.45, 7) is 10.9. The summed E-state index contributed by atoms with van der Waals surface area (Å²) in [6.07, 6.45) is 2.30. The van der Waals surface area contributed by atoms with E-state index >= 15 is 0 Å². The van der Waals surface area contributed by atoms with Crippen LogP contribution in [-0.2, 0) is 20.9 Å². The van der Waals surface area contributed by atoms with E-state index in [9.17, 15) is 14.4 Å². The van der Waals surface area contributed by atoms with Crippen molar-refractivity contribution in [2.75, 3.05) is 19.0 Å². The number of ether oxygens (including phenoxy) is 2. The number of carbonyl (C=O) groups excluding carboxylic acids is 3. The van der Waals surface area contributed by atoms with Gasteiger partial charge in [-0.2, -0.15) is 0 Å². The first-order chi connectivity index (χ1) is 22.4. The fourth-order valence-electron chi connectivity index (χ4n) is 7.36. The third kappa shape index (κ3) is 6.62. The summed E-state index contributed by atoms with van der Waals surface area (Å²) < 4.78 is 11.7. The number of para-hydroxylation sites is 1. The van der Waals surface area contributed by atoms with Gasteiger partial charge in [-0.05, 0) is 65.5 Å². The molecule has 3 aromatic rings. The Kier molecular flexibility index (Phi) is 8.60. The van der Waals surface area contributed by atoms with E-state index < -0.39 is 5.92 Å². The SMILES string of the molecule is COc1cc(C2C3=C(CC(C)(C)CC3=O)N(Cc3ccccc3)C3=C2C(=O)CC(C)(C)C3)ccc1OCC(=O)Nc1ccccc1C. The molecule has 0 spiro atoms. The van der Waals surface area contributed by atoms with Crippen molar-refractivity contribution in [1.82, 2.24) is 4.90 Å². The van der Waals surface area contributed by atoms with Gasteiger partial charge >= 0.3 is 0 Å². The Labute approximate surface area is 277 Å². The number of nitrogens with zero attached hydrogens (tertiary/aromatic N) is 1. The van der Waals surface area contributed by atoms with Crippen LogP contribution >= 0.6 is 0 Å². The fourth-order valence-corrected chi connectivity index (χ4v) is 7.36. The molecule has 7 heteroatoms.